The minimum Gasteiger partial charge on any atom is -0.371 e. The topological polar surface area (TPSA) is 36.4 Å². The molecule has 0 saturated heterocycles. The van der Waals surface area contributed by atoms with Gasteiger partial charge in [0.2, 0.25) is 0 Å². The van der Waals surface area contributed by atoms with Gasteiger partial charge < -0.3 is 9.80 Å². The standard InChI is InChI=1S/C19H23N3O/c1-4-21(5-2)17-11-16(12-20-13-17)19(23)22-14(3)10-15-8-6-7-9-18(15)22/h6-9,11-14H,4-5,10H2,1-3H3. The number of para-hydroxylation sites is 1. The lowest BCUT2D eigenvalue weighted by Crippen LogP contribution is -2.36. The van der Waals surface area contributed by atoms with Gasteiger partial charge in [-0.05, 0) is 44.9 Å². The quantitative estimate of drug-likeness (QED) is 0.867. The molecule has 0 fully saturated rings. The number of carbonyl (C=O) groups is 1. The molecule has 1 atom stereocenters. The first kappa shape index (κ1) is 15.5. The van der Waals surface area contributed by atoms with Crippen LogP contribution in [0.1, 0.15) is 36.7 Å². The number of nitrogens with zero attached hydrogens (tertiary/aromatic N) is 3. The third-order valence-corrected chi connectivity index (χ3v) is 4.53. The first-order valence-corrected chi connectivity index (χ1v) is 8.27. The highest BCUT2D eigenvalue weighted by Crippen LogP contribution is 2.33. The van der Waals surface area contributed by atoms with Crippen molar-refractivity contribution in [2.24, 2.45) is 0 Å². The van der Waals surface area contributed by atoms with Crippen molar-refractivity contribution >= 4 is 17.3 Å². The number of anilines is 2. The van der Waals surface area contributed by atoms with Crippen molar-refractivity contribution in [1.29, 1.82) is 0 Å². The second-order valence-corrected chi connectivity index (χ2v) is 5.96. The zero-order chi connectivity index (χ0) is 16.4. The fourth-order valence-electron chi connectivity index (χ4n) is 3.32. The van der Waals surface area contributed by atoms with Crippen molar-refractivity contribution in [2.45, 2.75) is 33.2 Å². The van der Waals surface area contributed by atoms with Gasteiger partial charge in [0.25, 0.3) is 5.91 Å². The molecule has 0 bridgehead atoms. The van der Waals surface area contributed by atoms with Gasteiger partial charge in [-0.25, -0.2) is 0 Å². The second-order valence-electron chi connectivity index (χ2n) is 5.96. The molecule has 23 heavy (non-hydrogen) atoms. The summed E-state index contributed by atoms with van der Waals surface area (Å²) in [6.45, 7) is 8.12. The van der Waals surface area contributed by atoms with Crippen molar-refractivity contribution in [3.63, 3.8) is 0 Å². The van der Waals surface area contributed by atoms with Gasteiger partial charge in [-0.15, -0.1) is 0 Å². The monoisotopic (exact) mass is 309 g/mol. The van der Waals surface area contributed by atoms with Gasteiger partial charge in [0.15, 0.2) is 0 Å². The number of fused-ring (bicyclic) bond motifs is 1. The first-order valence-electron chi connectivity index (χ1n) is 8.27. The Morgan fingerprint density at radius 2 is 2.00 bits per heavy atom. The van der Waals surface area contributed by atoms with Gasteiger partial charge in [-0.2, -0.15) is 0 Å². The van der Waals surface area contributed by atoms with Crippen molar-refractivity contribution in [3.8, 4) is 0 Å². The lowest BCUT2D eigenvalue weighted by atomic mass is 10.1. The van der Waals surface area contributed by atoms with E-state index < -0.39 is 0 Å². The maximum Gasteiger partial charge on any atom is 0.260 e. The summed E-state index contributed by atoms with van der Waals surface area (Å²) in [5.74, 6) is 0.0314. The van der Waals surface area contributed by atoms with E-state index in [4.69, 9.17) is 0 Å². The third kappa shape index (κ3) is 2.81. The summed E-state index contributed by atoms with van der Waals surface area (Å²) in [5, 5.41) is 0. The van der Waals surface area contributed by atoms with E-state index >= 15 is 0 Å². The predicted molar refractivity (Wildman–Crippen MR) is 94.2 cm³/mol. The van der Waals surface area contributed by atoms with Gasteiger partial charge in [0, 0.05) is 31.0 Å². The summed E-state index contributed by atoms with van der Waals surface area (Å²) in [4.78, 5) is 21.4. The average molecular weight is 309 g/mol. The zero-order valence-electron chi connectivity index (χ0n) is 14.0. The molecule has 0 saturated carbocycles. The van der Waals surface area contributed by atoms with E-state index in [9.17, 15) is 4.79 Å². The van der Waals surface area contributed by atoms with Crippen LogP contribution in [0.4, 0.5) is 11.4 Å². The molecular weight excluding hydrogens is 286 g/mol. The smallest absolute Gasteiger partial charge is 0.260 e. The molecule has 3 rings (SSSR count). The molecule has 0 aliphatic carbocycles. The SMILES string of the molecule is CCN(CC)c1cncc(C(=O)N2c3ccccc3CC2C)c1. The molecule has 2 aromatic rings. The Balaban J connectivity index is 1.93. The van der Waals surface area contributed by atoms with Gasteiger partial charge in [0.05, 0.1) is 17.4 Å². The molecule has 1 aliphatic rings. The fourth-order valence-corrected chi connectivity index (χ4v) is 3.32. The number of amides is 1. The Hall–Kier alpha value is -2.36. The second kappa shape index (κ2) is 6.41. The highest BCUT2D eigenvalue weighted by atomic mass is 16.2. The van der Waals surface area contributed by atoms with Crippen molar-refractivity contribution < 1.29 is 4.79 Å². The summed E-state index contributed by atoms with van der Waals surface area (Å²) >= 11 is 0. The molecular formula is C19H23N3O. The van der Waals surface area contributed by atoms with Gasteiger partial charge in [-0.3, -0.25) is 9.78 Å². The van der Waals surface area contributed by atoms with Crippen LogP contribution >= 0.6 is 0 Å². The number of benzene rings is 1. The van der Waals surface area contributed by atoms with E-state index in [1.54, 1.807) is 6.20 Å². The lowest BCUT2D eigenvalue weighted by molar-refractivity contribution is 0.0981. The molecule has 1 amide bonds. The zero-order valence-corrected chi connectivity index (χ0v) is 14.0. The van der Waals surface area contributed by atoms with Crippen LogP contribution in [0.2, 0.25) is 0 Å². The highest BCUT2D eigenvalue weighted by molar-refractivity contribution is 6.08. The van der Waals surface area contributed by atoms with Crippen LogP contribution in [0.5, 0.6) is 0 Å². The Labute approximate surface area is 137 Å². The predicted octanol–water partition coefficient (Wildman–Crippen LogP) is 3.52. The maximum absolute atomic E-state index is 13.0. The largest absolute Gasteiger partial charge is 0.371 e. The Kier molecular flexibility index (Phi) is 4.33. The van der Waals surface area contributed by atoms with E-state index in [1.807, 2.05) is 35.4 Å². The molecule has 1 aromatic heterocycles. The molecule has 0 radical (unpaired) electrons. The highest BCUT2D eigenvalue weighted by Gasteiger charge is 2.31. The minimum absolute atomic E-state index is 0.0314. The number of rotatable bonds is 4. The van der Waals surface area contributed by atoms with Crippen LogP contribution in [0.15, 0.2) is 42.7 Å². The Morgan fingerprint density at radius 1 is 1.26 bits per heavy atom. The molecule has 0 N–H and O–H groups in total. The number of aromatic nitrogens is 1. The van der Waals surface area contributed by atoms with Crippen LogP contribution in [-0.4, -0.2) is 30.0 Å². The lowest BCUT2D eigenvalue weighted by Gasteiger charge is -2.24. The van der Waals surface area contributed by atoms with Gasteiger partial charge in [0.1, 0.15) is 0 Å². The van der Waals surface area contributed by atoms with E-state index in [2.05, 4.69) is 36.7 Å². The maximum atomic E-state index is 13.0. The van der Waals surface area contributed by atoms with E-state index in [-0.39, 0.29) is 11.9 Å². The van der Waals surface area contributed by atoms with Crippen LogP contribution in [0.3, 0.4) is 0 Å². The minimum atomic E-state index is 0.0314. The molecule has 120 valence electrons. The number of hydrogen-bond acceptors (Lipinski definition) is 3. The van der Waals surface area contributed by atoms with Crippen LogP contribution in [0.25, 0.3) is 0 Å². The summed E-state index contributed by atoms with van der Waals surface area (Å²) in [6.07, 6.45) is 4.40. The molecule has 1 aliphatic heterocycles. The van der Waals surface area contributed by atoms with E-state index in [1.165, 1.54) is 5.56 Å². The van der Waals surface area contributed by atoms with Gasteiger partial charge >= 0.3 is 0 Å². The molecule has 1 unspecified atom stereocenters. The Morgan fingerprint density at radius 3 is 2.74 bits per heavy atom. The summed E-state index contributed by atoms with van der Waals surface area (Å²) < 4.78 is 0. The van der Waals surface area contributed by atoms with E-state index in [0.717, 1.165) is 30.9 Å². The van der Waals surface area contributed by atoms with Crippen LogP contribution in [0, 0.1) is 0 Å². The number of hydrogen-bond donors (Lipinski definition) is 0. The van der Waals surface area contributed by atoms with Crippen LogP contribution < -0.4 is 9.80 Å². The number of pyridine rings is 1. The average Bonchev–Trinajstić information content (AvgIpc) is 2.91. The van der Waals surface area contributed by atoms with Crippen molar-refractivity contribution in [1.82, 2.24) is 4.98 Å². The molecule has 0 spiro atoms. The molecule has 1 aromatic carbocycles. The fraction of sp³-hybridized carbons (Fsp3) is 0.368. The molecule has 4 nitrogen and oxygen atoms in total. The molecule has 4 heteroatoms. The normalized spacial score (nSPS) is 16.3. The van der Waals surface area contributed by atoms with Crippen LogP contribution in [-0.2, 0) is 6.42 Å². The molecule has 2 heterocycles. The number of carbonyl (C=O) groups excluding carboxylic acids is 1. The van der Waals surface area contributed by atoms with Gasteiger partial charge in [-0.1, -0.05) is 18.2 Å². The first-order chi connectivity index (χ1) is 11.2. The summed E-state index contributed by atoms with van der Waals surface area (Å²) in [5.41, 5.74) is 3.92. The van der Waals surface area contributed by atoms with Crippen molar-refractivity contribution in [2.75, 3.05) is 22.9 Å². The third-order valence-electron chi connectivity index (χ3n) is 4.53. The summed E-state index contributed by atoms with van der Waals surface area (Å²) in [6, 6.07) is 10.3. The van der Waals surface area contributed by atoms with Crippen molar-refractivity contribution in [3.05, 3.63) is 53.9 Å². The van der Waals surface area contributed by atoms with E-state index in [0.29, 0.717) is 5.56 Å². The Bertz CT molecular complexity index is 709. The summed E-state index contributed by atoms with van der Waals surface area (Å²) in [7, 11) is 0.